The summed E-state index contributed by atoms with van der Waals surface area (Å²) in [6, 6.07) is 12.9. The molecule has 5 nitrogen and oxygen atoms in total. The lowest BCUT2D eigenvalue weighted by molar-refractivity contribution is -0.118. The molecule has 1 atom stereocenters. The monoisotopic (exact) mass is 393 g/mol. The Morgan fingerprint density at radius 1 is 1.31 bits per heavy atom. The lowest BCUT2D eigenvalue weighted by Crippen LogP contribution is -2.48. The van der Waals surface area contributed by atoms with E-state index in [0.717, 1.165) is 25.2 Å². The van der Waals surface area contributed by atoms with Crippen LogP contribution in [-0.2, 0) is 4.79 Å². The molecule has 1 amide bonds. The topological polar surface area (TPSA) is 53.6 Å². The Morgan fingerprint density at radius 2 is 2.12 bits per heavy atom. The van der Waals surface area contributed by atoms with Crippen molar-refractivity contribution in [3.05, 3.63) is 58.1 Å². The highest BCUT2D eigenvalue weighted by Crippen LogP contribution is 2.30. The predicted molar refractivity (Wildman–Crippen MR) is 105 cm³/mol. The summed E-state index contributed by atoms with van der Waals surface area (Å²) in [6.45, 7) is 2.59. The second kappa shape index (κ2) is 8.73. The molecule has 138 valence electrons. The summed E-state index contributed by atoms with van der Waals surface area (Å²) < 4.78 is 5.28. The fourth-order valence-electron chi connectivity index (χ4n) is 3.14. The largest absolute Gasteiger partial charge is 0.495 e. The van der Waals surface area contributed by atoms with Crippen LogP contribution in [0.2, 0.25) is 10.0 Å². The van der Waals surface area contributed by atoms with Gasteiger partial charge in [-0.2, -0.15) is 0 Å². The molecular weight excluding hydrogens is 373 g/mol. The molecule has 0 aliphatic carbocycles. The number of nitrogens with zero attached hydrogens (tertiary/aromatic N) is 1. The van der Waals surface area contributed by atoms with Gasteiger partial charge < -0.3 is 15.4 Å². The molecule has 1 aliphatic rings. The van der Waals surface area contributed by atoms with Crippen LogP contribution >= 0.6 is 23.2 Å². The molecule has 0 aromatic heterocycles. The Kier molecular flexibility index (Phi) is 6.38. The first-order valence-electron chi connectivity index (χ1n) is 8.41. The normalized spacial score (nSPS) is 17.7. The minimum Gasteiger partial charge on any atom is -0.495 e. The first-order valence-corrected chi connectivity index (χ1v) is 9.16. The average molecular weight is 394 g/mol. The molecule has 0 spiro atoms. The van der Waals surface area contributed by atoms with Gasteiger partial charge in [-0.25, -0.2) is 0 Å². The quantitative estimate of drug-likeness (QED) is 0.814. The van der Waals surface area contributed by atoms with Crippen molar-refractivity contribution in [1.82, 2.24) is 10.2 Å². The van der Waals surface area contributed by atoms with Crippen LogP contribution < -0.4 is 15.4 Å². The van der Waals surface area contributed by atoms with Gasteiger partial charge in [0.25, 0.3) is 0 Å². The lowest BCUT2D eigenvalue weighted by Gasteiger charge is -2.36. The van der Waals surface area contributed by atoms with Gasteiger partial charge >= 0.3 is 0 Å². The number of benzene rings is 2. The minimum absolute atomic E-state index is 0.0458. The minimum atomic E-state index is -0.121. The van der Waals surface area contributed by atoms with Gasteiger partial charge in [0.2, 0.25) is 5.91 Å². The summed E-state index contributed by atoms with van der Waals surface area (Å²) in [5.41, 5.74) is 1.59. The molecule has 26 heavy (non-hydrogen) atoms. The van der Waals surface area contributed by atoms with E-state index in [2.05, 4.69) is 15.5 Å². The fourth-order valence-corrected chi connectivity index (χ4v) is 3.57. The highest BCUT2D eigenvalue weighted by Gasteiger charge is 2.27. The maximum atomic E-state index is 12.6. The predicted octanol–water partition coefficient (Wildman–Crippen LogP) is 3.59. The highest BCUT2D eigenvalue weighted by atomic mass is 35.5. The lowest BCUT2D eigenvalue weighted by atomic mass is 10.0. The van der Waals surface area contributed by atoms with Crippen LogP contribution in [0.25, 0.3) is 0 Å². The van der Waals surface area contributed by atoms with Gasteiger partial charge in [0, 0.05) is 35.7 Å². The fraction of sp³-hybridized carbons (Fsp3) is 0.316. The summed E-state index contributed by atoms with van der Waals surface area (Å²) >= 11 is 12.4. The van der Waals surface area contributed by atoms with Crippen molar-refractivity contribution in [2.45, 2.75) is 6.04 Å². The summed E-state index contributed by atoms with van der Waals surface area (Å²) in [5.74, 6) is 0.454. The number of piperazine rings is 1. The van der Waals surface area contributed by atoms with Crippen LogP contribution in [-0.4, -0.2) is 44.1 Å². The summed E-state index contributed by atoms with van der Waals surface area (Å²) in [5, 5.41) is 7.51. The number of nitrogens with one attached hydrogen (secondary N) is 2. The number of carbonyl (C=O) groups excluding carboxylic acids is 1. The van der Waals surface area contributed by atoms with Gasteiger partial charge in [-0.05, 0) is 29.8 Å². The van der Waals surface area contributed by atoms with Gasteiger partial charge in [0.05, 0.1) is 19.3 Å². The number of ether oxygens (including phenoxy) is 1. The van der Waals surface area contributed by atoms with Crippen LogP contribution in [0.3, 0.4) is 0 Å². The summed E-state index contributed by atoms with van der Waals surface area (Å²) in [7, 11) is 1.56. The third kappa shape index (κ3) is 4.48. The molecule has 2 aromatic rings. The zero-order valence-corrected chi connectivity index (χ0v) is 16.0. The Bertz CT molecular complexity index is 785. The van der Waals surface area contributed by atoms with E-state index in [9.17, 15) is 4.79 Å². The van der Waals surface area contributed by atoms with E-state index in [0.29, 0.717) is 21.5 Å². The molecule has 2 N–H and O–H groups in total. The molecule has 0 radical (unpaired) electrons. The number of carbonyl (C=O) groups is 1. The van der Waals surface area contributed by atoms with Crippen molar-refractivity contribution in [2.75, 3.05) is 38.6 Å². The third-order valence-electron chi connectivity index (χ3n) is 4.40. The third-order valence-corrected chi connectivity index (χ3v) is 4.98. The smallest absolute Gasteiger partial charge is 0.238 e. The first kappa shape index (κ1) is 19.0. The average Bonchev–Trinajstić information content (AvgIpc) is 2.63. The van der Waals surface area contributed by atoms with E-state index in [-0.39, 0.29) is 18.5 Å². The molecule has 7 heteroatoms. The molecule has 1 aliphatic heterocycles. The van der Waals surface area contributed by atoms with Crippen molar-refractivity contribution in [3.8, 4) is 5.75 Å². The first-order chi connectivity index (χ1) is 12.6. The molecule has 3 rings (SSSR count). The molecule has 2 aromatic carbocycles. The van der Waals surface area contributed by atoms with Crippen LogP contribution in [0.1, 0.15) is 11.6 Å². The SMILES string of the molecule is COc1ccc(Cl)cc1NC(=O)CN1CCNCC1c1ccccc1Cl. The molecule has 1 heterocycles. The highest BCUT2D eigenvalue weighted by molar-refractivity contribution is 6.31. The van der Waals surface area contributed by atoms with Crippen LogP contribution in [0.4, 0.5) is 5.69 Å². The number of hydrogen-bond donors (Lipinski definition) is 2. The Balaban J connectivity index is 1.73. The van der Waals surface area contributed by atoms with Gasteiger partial charge in [-0.3, -0.25) is 9.69 Å². The number of rotatable bonds is 5. The number of methoxy groups -OCH3 is 1. The maximum Gasteiger partial charge on any atom is 0.238 e. The van der Waals surface area contributed by atoms with E-state index in [1.807, 2.05) is 24.3 Å². The van der Waals surface area contributed by atoms with Crippen LogP contribution in [0.15, 0.2) is 42.5 Å². The van der Waals surface area contributed by atoms with Crippen molar-refractivity contribution >= 4 is 34.8 Å². The molecule has 0 saturated carbocycles. The van der Waals surface area contributed by atoms with Crippen LogP contribution in [0.5, 0.6) is 5.75 Å². The summed E-state index contributed by atoms with van der Waals surface area (Å²) in [4.78, 5) is 14.7. The van der Waals surface area contributed by atoms with Crippen LogP contribution in [0, 0.1) is 0 Å². The zero-order valence-electron chi connectivity index (χ0n) is 14.5. The van der Waals surface area contributed by atoms with Crippen molar-refractivity contribution in [1.29, 1.82) is 0 Å². The zero-order chi connectivity index (χ0) is 18.5. The molecule has 0 bridgehead atoms. The second-order valence-corrected chi connectivity index (χ2v) is 6.95. The molecular formula is C19H21Cl2N3O2. The van der Waals surface area contributed by atoms with E-state index in [1.165, 1.54) is 0 Å². The van der Waals surface area contributed by atoms with E-state index < -0.39 is 0 Å². The van der Waals surface area contributed by atoms with Gasteiger partial charge in [0.1, 0.15) is 5.75 Å². The van der Waals surface area contributed by atoms with Crippen molar-refractivity contribution < 1.29 is 9.53 Å². The summed E-state index contributed by atoms with van der Waals surface area (Å²) in [6.07, 6.45) is 0. The van der Waals surface area contributed by atoms with Crippen molar-refractivity contribution in [3.63, 3.8) is 0 Å². The maximum absolute atomic E-state index is 12.6. The molecule has 1 unspecified atom stereocenters. The molecule has 1 fully saturated rings. The Morgan fingerprint density at radius 3 is 2.88 bits per heavy atom. The van der Waals surface area contributed by atoms with E-state index in [1.54, 1.807) is 25.3 Å². The van der Waals surface area contributed by atoms with E-state index >= 15 is 0 Å². The molecule has 1 saturated heterocycles. The van der Waals surface area contributed by atoms with E-state index in [4.69, 9.17) is 27.9 Å². The number of hydrogen-bond acceptors (Lipinski definition) is 4. The van der Waals surface area contributed by atoms with Crippen molar-refractivity contribution in [2.24, 2.45) is 0 Å². The Labute approximate surface area is 163 Å². The second-order valence-electron chi connectivity index (χ2n) is 6.10. The van der Waals surface area contributed by atoms with Gasteiger partial charge in [-0.1, -0.05) is 41.4 Å². The standard InChI is InChI=1S/C19H21Cl2N3O2/c1-26-18-7-6-13(20)10-16(18)23-19(25)12-24-9-8-22-11-17(24)14-4-2-3-5-15(14)21/h2-7,10,17,22H,8-9,11-12H2,1H3,(H,23,25). The van der Waals surface area contributed by atoms with Gasteiger partial charge in [0.15, 0.2) is 0 Å². The number of halogens is 2. The Hall–Kier alpha value is -1.79. The number of anilines is 1. The van der Waals surface area contributed by atoms with Gasteiger partial charge in [-0.15, -0.1) is 0 Å². The number of amides is 1.